The first-order chi connectivity index (χ1) is 9.29. The van der Waals surface area contributed by atoms with Gasteiger partial charge in [-0.1, -0.05) is 0 Å². The third-order valence-electron chi connectivity index (χ3n) is 3.57. The van der Waals surface area contributed by atoms with Crippen LogP contribution in [0.2, 0.25) is 0 Å². The van der Waals surface area contributed by atoms with Crippen molar-refractivity contribution in [3.05, 3.63) is 17.7 Å². The van der Waals surface area contributed by atoms with Crippen LogP contribution in [0.4, 0.5) is 11.4 Å². The van der Waals surface area contributed by atoms with Gasteiger partial charge >= 0.3 is 0 Å². The van der Waals surface area contributed by atoms with E-state index in [4.69, 9.17) is 15.6 Å². The van der Waals surface area contributed by atoms with E-state index in [9.17, 15) is 8.42 Å². The van der Waals surface area contributed by atoms with E-state index < -0.39 is 10.0 Å². The highest BCUT2D eigenvalue weighted by Crippen LogP contribution is 2.29. The molecule has 4 N–H and O–H groups in total. The fourth-order valence-electron chi connectivity index (χ4n) is 2.58. The zero-order valence-electron chi connectivity index (χ0n) is 11.8. The number of primary sulfonamides is 1. The van der Waals surface area contributed by atoms with Crippen LogP contribution in [0.1, 0.15) is 18.4 Å². The van der Waals surface area contributed by atoms with Crippen molar-refractivity contribution in [2.75, 3.05) is 30.8 Å². The van der Waals surface area contributed by atoms with Crippen molar-refractivity contribution in [3.63, 3.8) is 0 Å². The highest BCUT2D eigenvalue weighted by molar-refractivity contribution is 7.89. The summed E-state index contributed by atoms with van der Waals surface area (Å²) in [7, 11) is -1.88. The Labute approximate surface area is 119 Å². The number of anilines is 2. The number of nitrogens with zero attached hydrogens (tertiary/aromatic N) is 1. The van der Waals surface area contributed by atoms with Gasteiger partial charge in [-0.2, -0.15) is 0 Å². The van der Waals surface area contributed by atoms with Crippen molar-refractivity contribution in [2.45, 2.75) is 30.8 Å². The van der Waals surface area contributed by atoms with Crippen LogP contribution in [-0.2, 0) is 14.8 Å². The van der Waals surface area contributed by atoms with Crippen LogP contribution >= 0.6 is 0 Å². The summed E-state index contributed by atoms with van der Waals surface area (Å²) in [5.74, 6) is 0. The third kappa shape index (κ3) is 3.23. The maximum absolute atomic E-state index is 11.6. The summed E-state index contributed by atoms with van der Waals surface area (Å²) in [6.45, 7) is 3.23. The van der Waals surface area contributed by atoms with Crippen molar-refractivity contribution in [1.29, 1.82) is 0 Å². The van der Waals surface area contributed by atoms with Gasteiger partial charge in [0.15, 0.2) is 0 Å². The highest BCUT2D eigenvalue weighted by atomic mass is 32.2. The van der Waals surface area contributed by atoms with Crippen LogP contribution in [0.25, 0.3) is 0 Å². The molecule has 0 bridgehead atoms. The lowest BCUT2D eigenvalue weighted by Gasteiger charge is -2.25. The lowest BCUT2D eigenvalue weighted by Crippen LogP contribution is -2.29. The molecular weight excluding hydrogens is 278 g/mol. The second-order valence-electron chi connectivity index (χ2n) is 5.22. The predicted octanol–water partition coefficient (Wildman–Crippen LogP) is 0.840. The van der Waals surface area contributed by atoms with Crippen LogP contribution in [0.5, 0.6) is 0 Å². The minimum Gasteiger partial charge on any atom is -0.399 e. The summed E-state index contributed by atoms with van der Waals surface area (Å²) in [5.41, 5.74) is 7.56. The Kier molecular flexibility index (Phi) is 4.22. The van der Waals surface area contributed by atoms with Crippen molar-refractivity contribution < 1.29 is 13.2 Å². The first-order valence-electron chi connectivity index (χ1n) is 6.54. The number of likely N-dealkylation sites (N-methyl/N-ethyl adjacent to an activating group) is 1. The second-order valence-corrected chi connectivity index (χ2v) is 6.75. The number of sulfonamides is 1. The smallest absolute Gasteiger partial charge is 0.238 e. The van der Waals surface area contributed by atoms with E-state index in [-0.39, 0.29) is 11.0 Å². The first kappa shape index (κ1) is 15.1. The first-order valence-corrected chi connectivity index (χ1v) is 8.09. The molecule has 6 nitrogen and oxygen atoms in total. The van der Waals surface area contributed by atoms with E-state index in [2.05, 4.69) is 0 Å². The Balaban J connectivity index is 2.33. The summed E-state index contributed by atoms with van der Waals surface area (Å²) < 4.78 is 28.8. The topological polar surface area (TPSA) is 98.7 Å². The van der Waals surface area contributed by atoms with Gasteiger partial charge in [0.25, 0.3) is 0 Å². The predicted molar refractivity (Wildman–Crippen MR) is 79.2 cm³/mol. The zero-order chi connectivity index (χ0) is 14.9. The summed E-state index contributed by atoms with van der Waals surface area (Å²) in [6.07, 6.45) is 2.27. The zero-order valence-corrected chi connectivity index (χ0v) is 12.6. The SMILES string of the molecule is Cc1c(N(C)CC2CCCO2)cc(N)cc1S(N)(=O)=O. The monoisotopic (exact) mass is 299 g/mol. The summed E-state index contributed by atoms with van der Waals surface area (Å²) in [5, 5.41) is 5.23. The van der Waals surface area contributed by atoms with Crippen LogP contribution in [0, 0.1) is 6.92 Å². The van der Waals surface area contributed by atoms with Crippen molar-refractivity contribution in [2.24, 2.45) is 5.14 Å². The van der Waals surface area contributed by atoms with E-state index in [1.807, 2.05) is 11.9 Å². The molecule has 20 heavy (non-hydrogen) atoms. The lowest BCUT2D eigenvalue weighted by atomic mass is 10.1. The molecular formula is C13H21N3O3S. The maximum atomic E-state index is 11.6. The van der Waals surface area contributed by atoms with Crippen LogP contribution in [0.15, 0.2) is 17.0 Å². The van der Waals surface area contributed by atoms with Crippen LogP contribution in [-0.4, -0.2) is 34.7 Å². The van der Waals surface area contributed by atoms with Gasteiger partial charge in [-0.05, 0) is 37.5 Å². The Morgan fingerprint density at radius 2 is 2.15 bits per heavy atom. The number of nitrogen functional groups attached to an aromatic ring is 1. The Morgan fingerprint density at radius 3 is 2.70 bits per heavy atom. The van der Waals surface area contributed by atoms with E-state index in [0.29, 0.717) is 17.8 Å². The van der Waals surface area contributed by atoms with E-state index in [1.54, 1.807) is 13.0 Å². The van der Waals surface area contributed by atoms with Crippen LogP contribution in [0.3, 0.4) is 0 Å². The molecule has 1 saturated heterocycles. The Morgan fingerprint density at radius 1 is 1.45 bits per heavy atom. The second kappa shape index (κ2) is 5.59. The number of ether oxygens (including phenoxy) is 1. The fourth-order valence-corrected chi connectivity index (χ4v) is 3.41. The molecule has 1 aromatic rings. The minimum absolute atomic E-state index is 0.0756. The van der Waals surface area contributed by atoms with Gasteiger partial charge < -0.3 is 15.4 Å². The molecule has 0 aromatic heterocycles. The molecule has 2 rings (SSSR count). The van der Waals surface area contributed by atoms with Gasteiger partial charge in [0.05, 0.1) is 11.0 Å². The molecule has 1 atom stereocenters. The van der Waals surface area contributed by atoms with Gasteiger partial charge in [0, 0.05) is 31.6 Å². The molecule has 0 radical (unpaired) electrons. The number of hydrogen-bond acceptors (Lipinski definition) is 5. The molecule has 1 heterocycles. The maximum Gasteiger partial charge on any atom is 0.238 e. The summed E-state index contributed by atoms with van der Waals surface area (Å²) in [4.78, 5) is 2.04. The number of hydrogen-bond donors (Lipinski definition) is 2. The lowest BCUT2D eigenvalue weighted by molar-refractivity contribution is 0.116. The molecule has 1 unspecified atom stereocenters. The standard InChI is InChI=1S/C13H21N3O3S/c1-9-12(16(2)8-11-4-3-5-19-11)6-10(14)7-13(9)20(15,17)18/h6-7,11H,3-5,8,14H2,1-2H3,(H2,15,17,18). The van der Waals surface area contributed by atoms with Crippen molar-refractivity contribution in [3.8, 4) is 0 Å². The molecule has 0 spiro atoms. The quantitative estimate of drug-likeness (QED) is 0.803. The number of benzene rings is 1. The summed E-state index contributed by atoms with van der Waals surface area (Å²) in [6, 6.07) is 3.16. The van der Waals surface area contributed by atoms with Gasteiger partial charge in [-0.25, -0.2) is 13.6 Å². The molecule has 112 valence electrons. The molecule has 0 aliphatic carbocycles. The van der Waals surface area contributed by atoms with Crippen molar-refractivity contribution in [1.82, 2.24) is 0 Å². The highest BCUT2D eigenvalue weighted by Gasteiger charge is 2.21. The van der Waals surface area contributed by atoms with E-state index >= 15 is 0 Å². The largest absolute Gasteiger partial charge is 0.399 e. The van der Waals surface area contributed by atoms with Crippen molar-refractivity contribution >= 4 is 21.4 Å². The fraction of sp³-hybridized carbons (Fsp3) is 0.538. The van der Waals surface area contributed by atoms with Gasteiger partial charge in [0.1, 0.15) is 0 Å². The van der Waals surface area contributed by atoms with Crippen LogP contribution < -0.4 is 15.8 Å². The molecule has 0 saturated carbocycles. The normalized spacial score (nSPS) is 19.2. The molecule has 1 fully saturated rings. The average Bonchev–Trinajstić information content (AvgIpc) is 2.83. The van der Waals surface area contributed by atoms with Gasteiger partial charge in [-0.15, -0.1) is 0 Å². The molecule has 1 aliphatic rings. The Bertz CT molecular complexity index is 595. The summed E-state index contributed by atoms with van der Waals surface area (Å²) >= 11 is 0. The van der Waals surface area contributed by atoms with Gasteiger partial charge in [0.2, 0.25) is 10.0 Å². The van der Waals surface area contributed by atoms with E-state index in [1.165, 1.54) is 6.07 Å². The van der Waals surface area contributed by atoms with Gasteiger partial charge in [-0.3, -0.25) is 0 Å². The molecule has 1 aliphatic heterocycles. The molecule has 0 amide bonds. The molecule has 7 heteroatoms. The minimum atomic E-state index is -3.78. The molecule has 1 aromatic carbocycles. The van der Waals surface area contributed by atoms with E-state index in [0.717, 1.165) is 25.1 Å². The Hall–Kier alpha value is -1.31. The average molecular weight is 299 g/mol. The third-order valence-corrected chi connectivity index (χ3v) is 4.61. The number of rotatable bonds is 4. The number of nitrogens with two attached hydrogens (primary N) is 2.